The van der Waals surface area contributed by atoms with Crippen molar-refractivity contribution in [2.75, 3.05) is 13.6 Å². The number of aliphatic carboxylic acids is 1. The molecular weight excluding hydrogens is 202 g/mol. The predicted molar refractivity (Wildman–Crippen MR) is 67.6 cm³/mol. The molecule has 3 heteroatoms. The molecule has 0 saturated heterocycles. The van der Waals surface area contributed by atoms with Gasteiger partial charge < -0.3 is 5.11 Å². The van der Waals surface area contributed by atoms with Crippen molar-refractivity contribution in [1.29, 1.82) is 0 Å². The molecule has 0 aliphatic heterocycles. The average Bonchev–Trinajstić information content (AvgIpc) is 2.08. The first-order valence-electron chi connectivity index (χ1n) is 6.06. The molecule has 0 aromatic heterocycles. The topological polar surface area (TPSA) is 40.5 Å². The van der Waals surface area contributed by atoms with E-state index in [-0.39, 0.29) is 11.5 Å². The fourth-order valence-electron chi connectivity index (χ4n) is 1.58. The molecule has 0 aromatic carbocycles. The molecule has 1 unspecified atom stereocenters. The molecule has 0 spiro atoms. The summed E-state index contributed by atoms with van der Waals surface area (Å²) in [6.45, 7) is 11.5. The first-order chi connectivity index (χ1) is 7.13. The van der Waals surface area contributed by atoms with Gasteiger partial charge in [-0.05, 0) is 37.8 Å². The van der Waals surface area contributed by atoms with E-state index < -0.39 is 5.97 Å². The van der Waals surface area contributed by atoms with Crippen LogP contribution in [0.4, 0.5) is 0 Å². The summed E-state index contributed by atoms with van der Waals surface area (Å²) in [4.78, 5) is 13.1. The molecule has 0 fully saturated rings. The SMILES string of the molecule is CC(C)CC(C(=O)O)N(C)CCC(C)(C)C. The highest BCUT2D eigenvalue weighted by Crippen LogP contribution is 2.20. The van der Waals surface area contributed by atoms with Crippen molar-refractivity contribution in [3.8, 4) is 0 Å². The number of carboxylic acid groups (broad SMARTS) is 1. The van der Waals surface area contributed by atoms with E-state index >= 15 is 0 Å². The molecule has 0 heterocycles. The number of likely N-dealkylation sites (N-methyl/N-ethyl adjacent to an activating group) is 1. The van der Waals surface area contributed by atoms with Gasteiger partial charge in [0.15, 0.2) is 0 Å². The predicted octanol–water partition coefficient (Wildman–Crippen LogP) is 2.85. The lowest BCUT2D eigenvalue weighted by molar-refractivity contribution is -0.143. The van der Waals surface area contributed by atoms with Crippen LogP contribution in [0.2, 0.25) is 0 Å². The van der Waals surface area contributed by atoms with E-state index in [4.69, 9.17) is 0 Å². The minimum atomic E-state index is -0.704. The number of nitrogens with zero attached hydrogens (tertiary/aromatic N) is 1. The van der Waals surface area contributed by atoms with Gasteiger partial charge in [-0.1, -0.05) is 34.6 Å². The quantitative estimate of drug-likeness (QED) is 0.761. The highest BCUT2D eigenvalue weighted by Gasteiger charge is 2.24. The standard InChI is InChI=1S/C13H27NO2/c1-10(2)9-11(12(15)16)14(6)8-7-13(3,4)5/h10-11H,7-9H2,1-6H3,(H,15,16). The van der Waals surface area contributed by atoms with Crippen LogP contribution < -0.4 is 0 Å². The Balaban J connectivity index is 4.28. The van der Waals surface area contributed by atoms with Gasteiger partial charge >= 0.3 is 5.97 Å². The second-order valence-corrected chi connectivity index (χ2v) is 6.27. The molecule has 0 radical (unpaired) electrons. The average molecular weight is 229 g/mol. The smallest absolute Gasteiger partial charge is 0.320 e. The van der Waals surface area contributed by atoms with Crippen molar-refractivity contribution in [3.05, 3.63) is 0 Å². The molecule has 96 valence electrons. The molecule has 16 heavy (non-hydrogen) atoms. The molecule has 3 nitrogen and oxygen atoms in total. The molecule has 0 saturated carbocycles. The summed E-state index contributed by atoms with van der Waals surface area (Å²) in [6, 6.07) is -0.345. The maximum Gasteiger partial charge on any atom is 0.320 e. The van der Waals surface area contributed by atoms with Gasteiger partial charge in [0.25, 0.3) is 0 Å². The molecule has 0 bridgehead atoms. The van der Waals surface area contributed by atoms with Crippen molar-refractivity contribution in [1.82, 2.24) is 4.90 Å². The molecule has 0 aliphatic carbocycles. The summed E-state index contributed by atoms with van der Waals surface area (Å²) < 4.78 is 0. The summed E-state index contributed by atoms with van der Waals surface area (Å²) >= 11 is 0. The number of hydrogen-bond donors (Lipinski definition) is 1. The van der Waals surface area contributed by atoms with Crippen LogP contribution in [0.3, 0.4) is 0 Å². The van der Waals surface area contributed by atoms with Crippen LogP contribution in [0.5, 0.6) is 0 Å². The Labute approximate surface area is 99.8 Å². The van der Waals surface area contributed by atoms with E-state index in [0.717, 1.165) is 19.4 Å². The van der Waals surface area contributed by atoms with Crippen molar-refractivity contribution < 1.29 is 9.90 Å². The zero-order valence-corrected chi connectivity index (χ0v) is 11.6. The minimum Gasteiger partial charge on any atom is -0.480 e. The zero-order chi connectivity index (χ0) is 12.9. The van der Waals surface area contributed by atoms with Crippen LogP contribution in [-0.4, -0.2) is 35.6 Å². The van der Waals surface area contributed by atoms with Gasteiger partial charge in [0.1, 0.15) is 6.04 Å². The Hall–Kier alpha value is -0.570. The lowest BCUT2D eigenvalue weighted by atomic mass is 9.91. The Kier molecular flexibility index (Phi) is 6.01. The largest absolute Gasteiger partial charge is 0.480 e. The number of carbonyl (C=O) groups is 1. The van der Waals surface area contributed by atoms with Crippen LogP contribution in [0.15, 0.2) is 0 Å². The van der Waals surface area contributed by atoms with Gasteiger partial charge in [0.05, 0.1) is 0 Å². The Bertz CT molecular complexity index is 218. The third kappa shape index (κ3) is 6.83. The second kappa shape index (κ2) is 6.24. The van der Waals surface area contributed by atoms with E-state index in [9.17, 15) is 9.90 Å². The van der Waals surface area contributed by atoms with Gasteiger partial charge in [-0.15, -0.1) is 0 Å². The Morgan fingerprint density at radius 2 is 1.81 bits per heavy atom. The van der Waals surface area contributed by atoms with Gasteiger partial charge in [-0.25, -0.2) is 0 Å². The molecular formula is C13H27NO2. The van der Waals surface area contributed by atoms with E-state index in [0.29, 0.717) is 5.92 Å². The van der Waals surface area contributed by atoms with E-state index in [1.807, 2.05) is 11.9 Å². The lowest BCUT2D eigenvalue weighted by Crippen LogP contribution is -2.40. The van der Waals surface area contributed by atoms with Gasteiger partial charge in [-0.2, -0.15) is 0 Å². The third-order valence-electron chi connectivity index (χ3n) is 2.73. The highest BCUT2D eigenvalue weighted by atomic mass is 16.4. The van der Waals surface area contributed by atoms with Gasteiger partial charge in [0, 0.05) is 0 Å². The Morgan fingerprint density at radius 1 is 1.31 bits per heavy atom. The van der Waals surface area contributed by atoms with Crippen LogP contribution in [-0.2, 0) is 4.79 Å². The molecule has 0 aromatic rings. The summed E-state index contributed by atoms with van der Waals surface area (Å²) in [6.07, 6.45) is 1.74. The summed E-state index contributed by atoms with van der Waals surface area (Å²) in [5.74, 6) is -0.289. The maximum absolute atomic E-state index is 11.2. The molecule has 0 aliphatic rings. The zero-order valence-electron chi connectivity index (χ0n) is 11.6. The van der Waals surface area contributed by atoms with Gasteiger partial charge in [0.2, 0.25) is 0 Å². The fraction of sp³-hybridized carbons (Fsp3) is 0.923. The van der Waals surface area contributed by atoms with Crippen molar-refractivity contribution >= 4 is 5.97 Å². The van der Waals surface area contributed by atoms with Crippen LogP contribution in [0, 0.1) is 11.3 Å². The fourth-order valence-corrected chi connectivity index (χ4v) is 1.58. The summed E-state index contributed by atoms with van der Waals surface area (Å²) in [5, 5.41) is 9.18. The first-order valence-corrected chi connectivity index (χ1v) is 6.06. The van der Waals surface area contributed by atoms with Crippen LogP contribution in [0.25, 0.3) is 0 Å². The van der Waals surface area contributed by atoms with E-state index in [1.165, 1.54) is 0 Å². The maximum atomic E-state index is 11.2. The first kappa shape index (κ1) is 15.4. The number of carboxylic acids is 1. The van der Waals surface area contributed by atoms with E-state index in [1.54, 1.807) is 0 Å². The molecule has 0 amide bonds. The highest BCUT2D eigenvalue weighted by molar-refractivity contribution is 5.73. The molecule has 1 atom stereocenters. The Morgan fingerprint density at radius 3 is 2.12 bits per heavy atom. The summed E-state index contributed by atoms with van der Waals surface area (Å²) in [7, 11) is 1.91. The van der Waals surface area contributed by atoms with Gasteiger partial charge in [-0.3, -0.25) is 9.69 Å². The molecule has 1 N–H and O–H groups in total. The minimum absolute atomic E-state index is 0.259. The van der Waals surface area contributed by atoms with Crippen LogP contribution >= 0.6 is 0 Å². The number of rotatable bonds is 6. The summed E-state index contributed by atoms with van der Waals surface area (Å²) in [5.41, 5.74) is 0.259. The van der Waals surface area contributed by atoms with Crippen molar-refractivity contribution in [3.63, 3.8) is 0 Å². The van der Waals surface area contributed by atoms with Crippen molar-refractivity contribution in [2.24, 2.45) is 11.3 Å². The second-order valence-electron chi connectivity index (χ2n) is 6.27. The molecule has 0 rings (SSSR count). The normalized spacial score (nSPS) is 14.5. The van der Waals surface area contributed by atoms with Crippen LogP contribution in [0.1, 0.15) is 47.5 Å². The monoisotopic (exact) mass is 229 g/mol. The van der Waals surface area contributed by atoms with E-state index in [2.05, 4.69) is 34.6 Å². The lowest BCUT2D eigenvalue weighted by Gasteiger charge is -2.29. The number of hydrogen-bond acceptors (Lipinski definition) is 2. The third-order valence-corrected chi connectivity index (χ3v) is 2.73. The van der Waals surface area contributed by atoms with Crippen molar-refractivity contribution in [2.45, 2.75) is 53.5 Å².